The summed E-state index contributed by atoms with van der Waals surface area (Å²) in [6, 6.07) is 4.40. The van der Waals surface area contributed by atoms with E-state index in [0.717, 1.165) is 12.2 Å². The Morgan fingerprint density at radius 3 is 2.16 bits per heavy atom. The lowest BCUT2D eigenvalue weighted by Gasteiger charge is -2.26. The fourth-order valence-electron chi connectivity index (χ4n) is 2.37. The molecule has 19 heavy (non-hydrogen) atoms. The van der Waals surface area contributed by atoms with Crippen LogP contribution in [0.3, 0.4) is 0 Å². The first-order valence-corrected chi connectivity index (χ1v) is 6.91. The highest BCUT2D eigenvalue weighted by molar-refractivity contribution is 5.48. The highest BCUT2D eigenvalue weighted by Gasteiger charge is 2.22. The van der Waals surface area contributed by atoms with Crippen molar-refractivity contribution in [3.05, 3.63) is 28.8 Å². The van der Waals surface area contributed by atoms with E-state index >= 15 is 0 Å². The molecule has 1 aromatic carbocycles. The molecule has 0 fully saturated rings. The van der Waals surface area contributed by atoms with Crippen molar-refractivity contribution in [2.75, 3.05) is 20.2 Å². The zero-order valence-electron chi connectivity index (χ0n) is 12.9. The maximum atomic E-state index is 5.76. The molecule has 0 heterocycles. The molecular formula is C16H28N2O. The Bertz CT molecular complexity index is 417. The molecule has 0 aromatic heterocycles. The summed E-state index contributed by atoms with van der Waals surface area (Å²) in [4.78, 5) is 0. The van der Waals surface area contributed by atoms with Gasteiger partial charge < -0.3 is 16.2 Å². The Hall–Kier alpha value is -1.06. The van der Waals surface area contributed by atoms with Crippen molar-refractivity contribution >= 4 is 0 Å². The topological polar surface area (TPSA) is 61.3 Å². The van der Waals surface area contributed by atoms with Crippen molar-refractivity contribution in [1.82, 2.24) is 0 Å². The molecule has 0 bridgehead atoms. The Morgan fingerprint density at radius 2 is 1.74 bits per heavy atom. The molecule has 0 unspecified atom stereocenters. The second-order valence-electron chi connectivity index (χ2n) is 6.30. The van der Waals surface area contributed by atoms with E-state index < -0.39 is 0 Å². The third-order valence-corrected chi connectivity index (χ3v) is 3.50. The van der Waals surface area contributed by atoms with E-state index in [2.05, 4.69) is 39.8 Å². The molecule has 0 atom stereocenters. The monoisotopic (exact) mass is 264 g/mol. The molecular weight excluding hydrogens is 236 g/mol. The van der Waals surface area contributed by atoms with Crippen LogP contribution in [-0.2, 0) is 11.8 Å². The zero-order valence-corrected chi connectivity index (χ0v) is 12.9. The van der Waals surface area contributed by atoms with E-state index in [0.29, 0.717) is 19.0 Å². The van der Waals surface area contributed by atoms with Crippen molar-refractivity contribution < 1.29 is 4.74 Å². The lowest BCUT2D eigenvalue weighted by atomic mass is 9.83. The minimum Gasteiger partial charge on any atom is -0.496 e. The number of benzene rings is 1. The molecule has 0 saturated carbocycles. The van der Waals surface area contributed by atoms with Crippen LogP contribution in [0.1, 0.15) is 37.5 Å². The van der Waals surface area contributed by atoms with E-state index in [-0.39, 0.29) is 5.41 Å². The van der Waals surface area contributed by atoms with Crippen LogP contribution in [-0.4, -0.2) is 20.2 Å². The molecule has 0 spiro atoms. The normalized spacial score (nSPS) is 12.0. The van der Waals surface area contributed by atoms with Gasteiger partial charge in [-0.25, -0.2) is 0 Å². The third-order valence-electron chi connectivity index (χ3n) is 3.50. The largest absolute Gasteiger partial charge is 0.496 e. The number of hydrogen-bond donors (Lipinski definition) is 2. The summed E-state index contributed by atoms with van der Waals surface area (Å²) in [5.41, 5.74) is 15.3. The minimum absolute atomic E-state index is 0.0625. The van der Waals surface area contributed by atoms with Crippen molar-refractivity contribution in [2.45, 2.75) is 39.5 Å². The summed E-state index contributed by atoms with van der Waals surface area (Å²) < 4.78 is 5.67. The number of aryl methyl sites for hydroxylation is 1. The first-order valence-electron chi connectivity index (χ1n) is 6.91. The van der Waals surface area contributed by atoms with E-state index in [1.807, 2.05) is 0 Å². The highest BCUT2D eigenvalue weighted by atomic mass is 16.5. The van der Waals surface area contributed by atoms with Crippen LogP contribution in [0.5, 0.6) is 5.75 Å². The molecule has 1 aromatic rings. The molecule has 0 amide bonds. The van der Waals surface area contributed by atoms with Crippen molar-refractivity contribution in [3.63, 3.8) is 0 Å². The Kier molecular flexibility index (Phi) is 5.39. The van der Waals surface area contributed by atoms with Crippen molar-refractivity contribution in [2.24, 2.45) is 17.4 Å². The van der Waals surface area contributed by atoms with Gasteiger partial charge in [0.15, 0.2) is 0 Å². The molecule has 1 rings (SSSR count). The smallest absolute Gasteiger partial charge is 0.125 e. The predicted octanol–water partition coefficient (Wildman–Crippen LogP) is 2.38. The van der Waals surface area contributed by atoms with Gasteiger partial charge in [-0.2, -0.15) is 0 Å². The fraction of sp³-hybridized carbons (Fsp3) is 0.625. The van der Waals surface area contributed by atoms with Crippen LogP contribution in [0.2, 0.25) is 0 Å². The van der Waals surface area contributed by atoms with E-state index in [4.69, 9.17) is 16.2 Å². The Morgan fingerprint density at radius 1 is 1.16 bits per heavy atom. The maximum absolute atomic E-state index is 5.76. The van der Waals surface area contributed by atoms with Crippen LogP contribution in [0.15, 0.2) is 12.1 Å². The van der Waals surface area contributed by atoms with Gasteiger partial charge in [-0.1, -0.05) is 38.5 Å². The predicted molar refractivity (Wildman–Crippen MR) is 81.7 cm³/mol. The quantitative estimate of drug-likeness (QED) is 0.858. The zero-order chi connectivity index (χ0) is 14.6. The van der Waals surface area contributed by atoms with Gasteiger partial charge in [-0.05, 0) is 43.3 Å². The summed E-state index contributed by atoms with van der Waals surface area (Å²) in [6.07, 6.45) is 0.876. The van der Waals surface area contributed by atoms with Gasteiger partial charge in [0.05, 0.1) is 7.11 Å². The van der Waals surface area contributed by atoms with Gasteiger partial charge in [0.25, 0.3) is 0 Å². The number of ether oxygens (including phenoxy) is 1. The average Bonchev–Trinajstić information content (AvgIpc) is 2.34. The molecule has 0 saturated heterocycles. The lowest BCUT2D eigenvalue weighted by Crippen LogP contribution is -2.25. The van der Waals surface area contributed by atoms with Crippen molar-refractivity contribution in [3.8, 4) is 5.75 Å². The third kappa shape index (κ3) is 3.95. The van der Waals surface area contributed by atoms with Crippen LogP contribution in [0.4, 0.5) is 0 Å². The SMILES string of the molecule is COc1c(CC(CN)CN)cc(C)cc1C(C)(C)C. The van der Waals surface area contributed by atoms with Crippen molar-refractivity contribution in [1.29, 1.82) is 0 Å². The molecule has 0 aliphatic rings. The second-order valence-corrected chi connectivity index (χ2v) is 6.30. The number of nitrogens with two attached hydrogens (primary N) is 2. The Balaban J connectivity index is 3.27. The summed E-state index contributed by atoms with van der Waals surface area (Å²) in [5, 5.41) is 0. The number of methoxy groups -OCH3 is 1. The van der Waals surface area contributed by atoms with Crippen LogP contribution < -0.4 is 16.2 Å². The van der Waals surface area contributed by atoms with E-state index in [1.165, 1.54) is 16.7 Å². The number of rotatable bonds is 5. The molecule has 0 radical (unpaired) electrons. The standard InChI is InChI=1S/C16H28N2O/c1-11-6-13(8-12(9-17)10-18)15(19-5)14(7-11)16(2,3)4/h6-7,12H,8-10,17-18H2,1-5H3. The molecule has 108 valence electrons. The van der Waals surface area contributed by atoms with Crippen LogP contribution in [0, 0.1) is 12.8 Å². The van der Waals surface area contributed by atoms with Gasteiger partial charge in [0, 0.05) is 5.56 Å². The molecule has 3 nitrogen and oxygen atoms in total. The molecule has 0 aliphatic heterocycles. The summed E-state index contributed by atoms with van der Waals surface area (Å²) >= 11 is 0. The first kappa shape index (κ1) is 16.0. The van der Waals surface area contributed by atoms with Gasteiger partial charge in [0.2, 0.25) is 0 Å². The Labute approximate surface area is 117 Å². The first-order chi connectivity index (χ1) is 8.83. The van der Waals surface area contributed by atoms with Gasteiger partial charge >= 0.3 is 0 Å². The average molecular weight is 264 g/mol. The summed E-state index contributed by atoms with van der Waals surface area (Å²) in [6.45, 7) is 9.96. The van der Waals surface area contributed by atoms with Gasteiger partial charge in [0.1, 0.15) is 5.75 Å². The molecule has 4 N–H and O–H groups in total. The van der Waals surface area contributed by atoms with E-state index in [1.54, 1.807) is 7.11 Å². The lowest BCUT2D eigenvalue weighted by molar-refractivity contribution is 0.388. The maximum Gasteiger partial charge on any atom is 0.125 e. The van der Waals surface area contributed by atoms with Crippen LogP contribution >= 0.6 is 0 Å². The highest BCUT2D eigenvalue weighted by Crippen LogP contribution is 2.36. The summed E-state index contributed by atoms with van der Waals surface area (Å²) in [7, 11) is 1.74. The second kappa shape index (κ2) is 6.40. The van der Waals surface area contributed by atoms with Gasteiger partial charge in [-0.15, -0.1) is 0 Å². The van der Waals surface area contributed by atoms with E-state index in [9.17, 15) is 0 Å². The number of hydrogen-bond acceptors (Lipinski definition) is 3. The fourth-order valence-corrected chi connectivity index (χ4v) is 2.37. The van der Waals surface area contributed by atoms with Crippen LogP contribution in [0.25, 0.3) is 0 Å². The molecule has 0 aliphatic carbocycles. The molecule has 3 heteroatoms. The minimum atomic E-state index is 0.0625. The van der Waals surface area contributed by atoms with Gasteiger partial charge in [-0.3, -0.25) is 0 Å². The summed E-state index contributed by atoms with van der Waals surface area (Å²) in [5.74, 6) is 1.30.